The number of hydrogen-bond donors (Lipinski definition) is 1. The highest BCUT2D eigenvalue weighted by Gasteiger charge is 2.35. The number of morpholine rings is 1. The van der Waals surface area contributed by atoms with Crippen LogP contribution in [0.2, 0.25) is 0 Å². The molecule has 0 unspecified atom stereocenters. The molecule has 3 fully saturated rings. The molecule has 0 radical (unpaired) electrons. The Labute approximate surface area is 156 Å². The molecule has 2 atom stereocenters. The maximum Gasteiger partial charge on any atom is 0.282 e. The molecule has 0 aromatic rings. The average Bonchev–Trinajstić information content (AvgIpc) is 3.00. The number of ether oxygens (including phenoxy) is 1. The fraction of sp³-hybridized carbons (Fsp3) is 0.933. The minimum Gasteiger partial charge on any atom is -0.379 e. The van der Waals surface area contributed by atoms with Crippen LogP contribution >= 0.6 is 12.4 Å². The zero-order chi connectivity index (χ0) is 17.2. The topological polar surface area (TPSA) is 96.2 Å². The second-order valence-corrected chi connectivity index (χ2v) is 8.79. The Morgan fingerprint density at radius 1 is 1.00 bits per heavy atom. The fourth-order valence-corrected chi connectivity index (χ4v) is 5.34. The Hall–Kier alpha value is -0.450. The lowest BCUT2D eigenvalue weighted by molar-refractivity contribution is -0.133. The minimum atomic E-state index is -3.44. The normalized spacial score (nSPS) is 29.4. The van der Waals surface area contributed by atoms with Gasteiger partial charge in [-0.15, -0.1) is 12.4 Å². The van der Waals surface area contributed by atoms with Gasteiger partial charge in [0.25, 0.3) is 10.2 Å². The fourth-order valence-electron chi connectivity index (χ4n) is 3.78. The van der Waals surface area contributed by atoms with E-state index in [0.29, 0.717) is 58.9 Å². The number of amides is 1. The molecule has 0 bridgehead atoms. The molecule has 10 heteroatoms. The smallest absolute Gasteiger partial charge is 0.282 e. The summed E-state index contributed by atoms with van der Waals surface area (Å²) in [5.41, 5.74) is 6.04. The van der Waals surface area contributed by atoms with Crippen molar-refractivity contribution in [3.05, 3.63) is 0 Å². The molecule has 0 aromatic carbocycles. The highest BCUT2D eigenvalue weighted by atomic mass is 35.5. The van der Waals surface area contributed by atoms with E-state index in [1.807, 2.05) is 0 Å². The molecule has 0 aromatic heterocycles. The molecule has 1 amide bonds. The number of carbonyl (C=O) groups is 1. The molecule has 3 aliphatic rings. The maximum atomic E-state index is 12.6. The second kappa shape index (κ2) is 8.96. The molecular formula is C15H29ClN4O4S. The van der Waals surface area contributed by atoms with Crippen LogP contribution in [-0.4, -0.2) is 86.4 Å². The van der Waals surface area contributed by atoms with Gasteiger partial charge in [0.1, 0.15) is 0 Å². The number of carbonyl (C=O) groups excluding carboxylic acids is 1. The molecule has 146 valence electrons. The molecule has 1 aliphatic carbocycles. The molecule has 25 heavy (non-hydrogen) atoms. The number of rotatable bonds is 4. The van der Waals surface area contributed by atoms with E-state index in [-0.39, 0.29) is 30.3 Å². The molecular weight excluding hydrogens is 368 g/mol. The number of hydrogen-bond acceptors (Lipinski definition) is 5. The summed E-state index contributed by atoms with van der Waals surface area (Å²) >= 11 is 0. The maximum absolute atomic E-state index is 12.6. The van der Waals surface area contributed by atoms with Crippen molar-refractivity contribution in [3.63, 3.8) is 0 Å². The van der Waals surface area contributed by atoms with Gasteiger partial charge < -0.3 is 15.4 Å². The van der Waals surface area contributed by atoms with Gasteiger partial charge in [-0.3, -0.25) is 4.79 Å². The quantitative estimate of drug-likeness (QED) is 0.700. The van der Waals surface area contributed by atoms with Crippen molar-refractivity contribution in [1.29, 1.82) is 0 Å². The van der Waals surface area contributed by atoms with Crippen LogP contribution in [-0.2, 0) is 19.7 Å². The van der Waals surface area contributed by atoms with Gasteiger partial charge in [0, 0.05) is 51.7 Å². The summed E-state index contributed by atoms with van der Waals surface area (Å²) in [7, 11) is -3.44. The lowest BCUT2D eigenvalue weighted by Gasteiger charge is -2.38. The summed E-state index contributed by atoms with van der Waals surface area (Å²) in [6.45, 7) is 3.35. The van der Waals surface area contributed by atoms with Crippen molar-refractivity contribution in [1.82, 2.24) is 13.5 Å². The Kier molecular flexibility index (Phi) is 7.48. The lowest BCUT2D eigenvalue weighted by Crippen LogP contribution is -2.56. The van der Waals surface area contributed by atoms with Crippen LogP contribution < -0.4 is 5.73 Å². The average molecular weight is 397 g/mol. The molecule has 2 aliphatic heterocycles. The monoisotopic (exact) mass is 396 g/mol. The van der Waals surface area contributed by atoms with Crippen molar-refractivity contribution >= 4 is 28.5 Å². The third kappa shape index (κ3) is 4.84. The molecule has 1 saturated carbocycles. The SMILES string of the molecule is Cl.N[C@@H]1CCC[C@H]1CC(=O)N1CCN(S(=O)(=O)N2CCOCC2)CC1. The van der Waals surface area contributed by atoms with E-state index in [1.54, 1.807) is 4.90 Å². The van der Waals surface area contributed by atoms with E-state index >= 15 is 0 Å². The molecule has 8 nitrogen and oxygen atoms in total. The molecule has 2 saturated heterocycles. The van der Waals surface area contributed by atoms with E-state index < -0.39 is 10.2 Å². The van der Waals surface area contributed by atoms with Gasteiger partial charge in [-0.2, -0.15) is 17.0 Å². The number of nitrogens with zero attached hydrogens (tertiary/aromatic N) is 3. The summed E-state index contributed by atoms with van der Waals surface area (Å²) in [5.74, 6) is 0.397. The standard InChI is InChI=1S/C15H28N4O4S.ClH/c16-14-3-1-2-13(14)12-15(20)17-4-6-18(7-5-17)24(21,22)19-8-10-23-11-9-19;/h13-14H,1-12,16H2;1H/t13-,14+;/m0./s1. The van der Waals surface area contributed by atoms with Crippen LogP contribution in [0.5, 0.6) is 0 Å². The first-order valence-electron chi connectivity index (χ1n) is 8.85. The van der Waals surface area contributed by atoms with Gasteiger partial charge in [-0.1, -0.05) is 6.42 Å². The predicted molar refractivity (Wildman–Crippen MR) is 96.6 cm³/mol. The molecule has 3 rings (SSSR count). The van der Waals surface area contributed by atoms with Gasteiger partial charge in [-0.05, 0) is 18.8 Å². The van der Waals surface area contributed by atoms with Crippen LogP contribution in [0.4, 0.5) is 0 Å². The Balaban J connectivity index is 0.00000225. The summed E-state index contributed by atoms with van der Waals surface area (Å²) < 4.78 is 33.4. The third-order valence-corrected chi connectivity index (χ3v) is 7.40. The zero-order valence-electron chi connectivity index (χ0n) is 14.5. The van der Waals surface area contributed by atoms with Crippen molar-refractivity contribution in [3.8, 4) is 0 Å². The van der Waals surface area contributed by atoms with E-state index in [1.165, 1.54) is 8.61 Å². The van der Waals surface area contributed by atoms with E-state index in [0.717, 1.165) is 19.3 Å². The first kappa shape index (κ1) is 20.9. The van der Waals surface area contributed by atoms with E-state index in [9.17, 15) is 13.2 Å². The summed E-state index contributed by atoms with van der Waals surface area (Å²) in [6, 6.07) is 0.136. The van der Waals surface area contributed by atoms with Gasteiger partial charge >= 0.3 is 0 Å². The molecule has 2 heterocycles. The Bertz CT molecular complexity index is 548. The van der Waals surface area contributed by atoms with Gasteiger partial charge in [0.05, 0.1) is 13.2 Å². The number of nitrogens with two attached hydrogens (primary N) is 1. The van der Waals surface area contributed by atoms with Crippen LogP contribution in [0.25, 0.3) is 0 Å². The Morgan fingerprint density at radius 3 is 2.16 bits per heavy atom. The highest BCUT2D eigenvalue weighted by molar-refractivity contribution is 7.86. The second-order valence-electron chi connectivity index (χ2n) is 6.86. The van der Waals surface area contributed by atoms with Crippen LogP contribution in [0, 0.1) is 5.92 Å². The summed E-state index contributed by atoms with van der Waals surface area (Å²) in [5, 5.41) is 0. The minimum absolute atomic E-state index is 0. The van der Waals surface area contributed by atoms with Crippen LogP contribution in [0.1, 0.15) is 25.7 Å². The van der Waals surface area contributed by atoms with Gasteiger partial charge in [-0.25, -0.2) is 0 Å². The van der Waals surface area contributed by atoms with Crippen molar-refractivity contribution in [2.45, 2.75) is 31.7 Å². The zero-order valence-corrected chi connectivity index (χ0v) is 16.1. The Morgan fingerprint density at radius 2 is 1.60 bits per heavy atom. The number of halogens is 1. The van der Waals surface area contributed by atoms with Crippen molar-refractivity contribution in [2.24, 2.45) is 11.7 Å². The summed E-state index contributed by atoms with van der Waals surface area (Å²) in [6.07, 6.45) is 3.63. The largest absolute Gasteiger partial charge is 0.379 e. The first-order valence-corrected chi connectivity index (χ1v) is 10.2. The van der Waals surface area contributed by atoms with Gasteiger partial charge in [0.2, 0.25) is 5.91 Å². The number of piperazine rings is 1. The van der Waals surface area contributed by atoms with E-state index in [4.69, 9.17) is 10.5 Å². The molecule has 0 spiro atoms. The van der Waals surface area contributed by atoms with Crippen molar-refractivity contribution < 1.29 is 17.9 Å². The lowest BCUT2D eigenvalue weighted by atomic mass is 9.99. The van der Waals surface area contributed by atoms with Crippen LogP contribution in [0.3, 0.4) is 0 Å². The third-order valence-electron chi connectivity index (χ3n) is 5.37. The predicted octanol–water partition coefficient (Wildman–Crippen LogP) is -0.353. The van der Waals surface area contributed by atoms with Gasteiger partial charge in [0.15, 0.2) is 0 Å². The summed E-state index contributed by atoms with van der Waals surface area (Å²) in [4.78, 5) is 14.2. The first-order chi connectivity index (χ1) is 11.5. The van der Waals surface area contributed by atoms with Crippen molar-refractivity contribution in [2.75, 3.05) is 52.5 Å². The highest BCUT2D eigenvalue weighted by Crippen LogP contribution is 2.27. The van der Waals surface area contributed by atoms with Crippen LogP contribution in [0.15, 0.2) is 0 Å². The molecule has 2 N–H and O–H groups in total. The van der Waals surface area contributed by atoms with E-state index in [2.05, 4.69) is 0 Å².